The molecule has 0 aliphatic heterocycles. The number of benzene rings is 3. The van der Waals surface area contributed by atoms with Gasteiger partial charge in [-0.05, 0) is 42.0 Å². The first-order valence-corrected chi connectivity index (χ1v) is 12.9. The van der Waals surface area contributed by atoms with Crippen molar-refractivity contribution in [1.29, 1.82) is 0 Å². The zero-order valence-electron chi connectivity index (χ0n) is 20.2. The molecule has 10 nitrogen and oxygen atoms in total. The van der Waals surface area contributed by atoms with Crippen molar-refractivity contribution < 1.29 is 36.5 Å². The molecule has 0 spiro atoms. The van der Waals surface area contributed by atoms with Gasteiger partial charge in [-0.1, -0.05) is 18.2 Å². The molecule has 4 aromatic rings. The second-order valence-electron chi connectivity index (χ2n) is 8.09. The summed E-state index contributed by atoms with van der Waals surface area (Å²) in [7, 11) is -2.39. The van der Waals surface area contributed by atoms with Gasteiger partial charge < -0.3 is 24.6 Å². The molecule has 3 aromatic carbocycles. The van der Waals surface area contributed by atoms with Gasteiger partial charge in [-0.25, -0.2) is 8.42 Å². The number of nitrogens with zero attached hydrogens (tertiary/aromatic N) is 1. The summed E-state index contributed by atoms with van der Waals surface area (Å²) >= 11 is 0. The van der Waals surface area contributed by atoms with Crippen LogP contribution in [0.5, 0.6) is 17.4 Å². The Hall–Kier alpha value is -3.94. The molecule has 4 N–H and O–H groups in total. The molecule has 1 heterocycles. The third-order valence-electron chi connectivity index (χ3n) is 5.46. The number of aromatic nitrogens is 2. The van der Waals surface area contributed by atoms with Crippen LogP contribution in [-0.4, -0.2) is 57.1 Å². The van der Waals surface area contributed by atoms with Crippen molar-refractivity contribution in [3.8, 4) is 17.4 Å². The van der Waals surface area contributed by atoms with E-state index in [9.17, 15) is 22.3 Å². The normalized spacial score (nSPS) is 12.4. The van der Waals surface area contributed by atoms with Crippen LogP contribution in [0.2, 0.25) is 0 Å². The highest BCUT2D eigenvalue weighted by Gasteiger charge is 2.16. The smallest absolute Gasteiger partial charge is 0.388 e. The highest BCUT2D eigenvalue weighted by molar-refractivity contribution is 7.92. The zero-order chi connectivity index (χ0) is 27.1. The van der Waals surface area contributed by atoms with E-state index in [0.717, 1.165) is 0 Å². The Morgan fingerprint density at radius 3 is 2.66 bits per heavy atom. The third kappa shape index (κ3) is 6.88. The van der Waals surface area contributed by atoms with Crippen molar-refractivity contribution >= 4 is 26.6 Å². The number of alkyl halides is 2. The van der Waals surface area contributed by atoms with Gasteiger partial charge in [0.25, 0.3) is 10.0 Å². The minimum Gasteiger partial charge on any atom is -0.497 e. The summed E-state index contributed by atoms with van der Waals surface area (Å²) in [6, 6.07) is 17.4. The van der Waals surface area contributed by atoms with Crippen molar-refractivity contribution in [2.45, 2.75) is 17.6 Å². The molecule has 0 saturated carbocycles. The zero-order valence-corrected chi connectivity index (χ0v) is 21.0. The lowest BCUT2D eigenvalue weighted by Crippen LogP contribution is -2.26. The number of hydrogen-bond donors (Lipinski definition) is 4. The average Bonchev–Trinajstić information content (AvgIpc) is 3.29. The Morgan fingerprint density at radius 2 is 1.87 bits per heavy atom. The van der Waals surface area contributed by atoms with Gasteiger partial charge >= 0.3 is 6.61 Å². The molecule has 0 bridgehead atoms. The lowest BCUT2D eigenvalue weighted by atomic mass is 10.1. The summed E-state index contributed by atoms with van der Waals surface area (Å²) in [6.07, 6.45) is -0.897. The molecule has 0 radical (unpaired) electrons. The standard InChI is InChI=1S/C25H26F2N4O6S/c1-35-18-6-3-7-20(13-18)38(33,34)31-17-5-2-4-16(12-17)23(32)15-28-10-11-36-19-8-9-21-22(14-19)29-30-24(21)37-25(26)27/h2-9,12-14,23,25,28,31-32H,10-11,15H2,1H3,(H,29,30)/t23-/m0/s1. The summed E-state index contributed by atoms with van der Waals surface area (Å²) in [5.74, 6) is 0.736. The van der Waals surface area contributed by atoms with Crippen LogP contribution in [-0.2, 0) is 10.0 Å². The molecule has 38 heavy (non-hydrogen) atoms. The molecule has 4 rings (SSSR count). The molecule has 1 atom stereocenters. The van der Waals surface area contributed by atoms with E-state index in [2.05, 4.69) is 25.0 Å². The van der Waals surface area contributed by atoms with E-state index < -0.39 is 22.7 Å². The Bertz CT molecular complexity index is 1480. The van der Waals surface area contributed by atoms with E-state index in [4.69, 9.17) is 9.47 Å². The van der Waals surface area contributed by atoms with Gasteiger partial charge in [0, 0.05) is 30.9 Å². The predicted octanol–water partition coefficient (Wildman–Crippen LogP) is 3.68. The third-order valence-corrected chi connectivity index (χ3v) is 6.84. The number of ether oxygens (including phenoxy) is 3. The Morgan fingerprint density at radius 1 is 1.05 bits per heavy atom. The van der Waals surface area contributed by atoms with Crippen molar-refractivity contribution in [2.75, 3.05) is 31.5 Å². The molecule has 202 valence electrons. The summed E-state index contributed by atoms with van der Waals surface area (Å²) in [4.78, 5) is 0.0538. The summed E-state index contributed by atoms with van der Waals surface area (Å²) in [5.41, 5.74) is 1.32. The maximum absolute atomic E-state index is 12.7. The summed E-state index contributed by atoms with van der Waals surface area (Å²) in [5, 5.41) is 20.4. The van der Waals surface area contributed by atoms with E-state index in [1.807, 2.05) is 0 Å². The van der Waals surface area contributed by atoms with Gasteiger partial charge in [0.15, 0.2) is 0 Å². The van der Waals surface area contributed by atoms with Gasteiger partial charge in [-0.2, -0.15) is 8.78 Å². The average molecular weight is 549 g/mol. The molecule has 0 aliphatic rings. The molecule has 0 unspecified atom stereocenters. The largest absolute Gasteiger partial charge is 0.497 e. The van der Waals surface area contributed by atoms with Gasteiger partial charge in [-0.15, -0.1) is 5.10 Å². The van der Waals surface area contributed by atoms with Gasteiger partial charge in [-0.3, -0.25) is 9.82 Å². The predicted molar refractivity (Wildman–Crippen MR) is 136 cm³/mol. The second-order valence-corrected chi connectivity index (χ2v) is 9.78. The van der Waals surface area contributed by atoms with E-state index in [0.29, 0.717) is 40.2 Å². The molecular weight excluding hydrogens is 522 g/mol. The number of anilines is 1. The van der Waals surface area contributed by atoms with E-state index in [-0.39, 0.29) is 23.9 Å². The Balaban J connectivity index is 1.26. The lowest BCUT2D eigenvalue weighted by Gasteiger charge is -2.15. The Kier molecular flexibility index (Phi) is 8.61. The van der Waals surface area contributed by atoms with E-state index in [1.54, 1.807) is 54.6 Å². The lowest BCUT2D eigenvalue weighted by molar-refractivity contribution is -0.0518. The fourth-order valence-corrected chi connectivity index (χ4v) is 4.71. The molecular formula is C25H26F2N4O6S. The van der Waals surface area contributed by atoms with Crippen molar-refractivity contribution in [3.05, 3.63) is 72.3 Å². The van der Waals surface area contributed by atoms with Crippen LogP contribution in [0.3, 0.4) is 0 Å². The van der Waals surface area contributed by atoms with Crippen molar-refractivity contribution in [2.24, 2.45) is 0 Å². The first kappa shape index (κ1) is 27.1. The minimum absolute atomic E-state index is 0.0538. The van der Waals surface area contributed by atoms with Crippen molar-refractivity contribution in [1.82, 2.24) is 15.5 Å². The molecule has 0 saturated heterocycles. The number of nitrogens with one attached hydrogen (secondary N) is 3. The summed E-state index contributed by atoms with van der Waals surface area (Å²) in [6.45, 7) is -2.10. The number of rotatable bonds is 13. The number of sulfonamides is 1. The van der Waals surface area contributed by atoms with E-state index in [1.165, 1.54) is 19.2 Å². The second kappa shape index (κ2) is 12.1. The van der Waals surface area contributed by atoms with Gasteiger partial charge in [0.05, 0.1) is 29.0 Å². The molecule has 1 aromatic heterocycles. The highest BCUT2D eigenvalue weighted by atomic mass is 32.2. The number of halogens is 2. The highest BCUT2D eigenvalue weighted by Crippen LogP contribution is 2.27. The molecule has 0 amide bonds. The maximum atomic E-state index is 12.7. The fraction of sp³-hybridized carbons (Fsp3) is 0.240. The maximum Gasteiger partial charge on any atom is 0.388 e. The van der Waals surface area contributed by atoms with Gasteiger partial charge in [0.1, 0.15) is 18.1 Å². The van der Waals surface area contributed by atoms with Crippen LogP contribution in [0.25, 0.3) is 10.9 Å². The number of H-pyrrole nitrogens is 1. The molecule has 13 heteroatoms. The van der Waals surface area contributed by atoms with Crippen LogP contribution in [0.15, 0.2) is 71.6 Å². The van der Waals surface area contributed by atoms with Crippen LogP contribution < -0.4 is 24.2 Å². The van der Waals surface area contributed by atoms with Crippen LogP contribution in [0.4, 0.5) is 14.5 Å². The van der Waals surface area contributed by atoms with Crippen LogP contribution in [0, 0.1) is 0 Å². The van der Waals surface area contributed by atoms with Crippen LogP contribution in [0.1, 0.15) is 11.7 Å². The topological polar surface area (TPSA) is 135 Å². The first-order chi connectivity index (χ1) is 18.2. The monoisotopic (exact) mass is 548 g/mol. The Labute approximate surface area is 217 Å². The number of aliphatic hydroxyl groups is 1. The first-order valence-electron chi connectivity index (χ1n) is 11.5. The molecule has 0 fully saturated rings. The molecule has 0 aliphatic carbocycles. The minimum atomic E-state index is -3.85. The number of methoxy groups -OCH3 is 1. The number of hydrogen-bond acceptors (Lipinski definition) is 8. The number of fused-ring (bicyclic) bond motifs is 1. The quantitative estimate of drug-likeness (QED) is 0.186. The van der Waals surface area contributed by atoms with E-state index >= 15 is 0 Å². The number of aromatic amines is 1. The number of aliphatic hydroxyl groups excluding tert-OH is 1. The van der Waals surface area contributed by atoms with Gasteiger partial charge in [0.2, 0.25) is 5.88 Å². The fourth-order valence-electron chi connectivity index (χ4n) is 3.63. The van der Waals surface area contributed by atoms with Crippen molar-refractivity contribution in [3.63, 3.8) is 0 Å². The SMILES string of the molecule is COc1cccc(S(=O)(=O)Nc2cccc([C@@H](O)CNCCOc3ccc4c(OC(F)F)n[nH]c4c3)c2)c1. The summed E-state index contributed by atoms with van der Waals surface area (Å²) < 4.78 is 67.9. The van der Waals surface area contributed by atoms with Crippen LogP contribution >= 0.6 is 0 Å².